The van der Waals surface area contributed by atoms with Crippen LogP contribution in [0.25, 0.3) is 0 Å². The summed E-state index contributed by atoms with van der Waals surface area (Å²) in [5.41, 5.74) is 3.17. The van der Waals surface area contributed by atoms with Gasteiger partial charge in [-0.25, -0.2) is 0 Å². The predicted molar refractivity (Wildman–Crippen MR) is 78.3 cm³/mol. The summed E-state index contributed by atoms with van der Waals surface area (Å²) in [5, 5.41) is 3.43. The van der Waals surface area contributed by atoms with E-state index < -0.39 is 0 Å². The number of hydrogen-bond acceptors (Lipinski definition) is 4. The Morgan fingerprint density at radius 3 is 3.14 bits per heavy atom. The van der Waals surface area contributed by atoms with Crippen LogP contribution in [0.5, 0.6) is 0 Å². The van der Waals surface area contributed by atoms with E-state index in [1.807, 2.05) is 4.90 Å². The first-order valence-corrected chi connectivity index (χ1v) is 7.93. The highest BCUT2D eigenvalue weighted by Gasteiger charge is 2.37. The Labute approximate surface area is 124 Å². The number of carbonyl (C=O) groups is 1. The number of morpholine rings is 1. The SMILES string of the molecule is O=C(c1cnc2c(c1)CCCC2)N1C[C@@H]2NCCO[C@H]2C1. The summed E-state index contributed by atoms with van der Waals surface area (Å²) in [6.45, 7) is 3.04. The van der Waals surface area contributed by atoms with Gasteiger partial charge in [0.1, 0.15) is 0 Å². The number of ether oxygens (including phenoxy) is 1. The number of fused-ring (bicyclic) bond motifs is 2. The van der Waals surface area contributed by atoms with Crippen molar-refractivity contribution in [3.05, 3.63) is 29.1 Å². The molecule has 21 heavy (non-hydrogen) atoms. The van der Waals surface area contributed by atoms with Gasteiger partial charge in [0.2, 0.25) is 0 Å². The molecule has 2 atom stereocenters. The minimum atomic E-state index is 0.0932. The Hall–Kier alpha value is -1.46. The maximum Gasteiger partial charge on any atom is 0.255 e. The highest BCUT2D eigenvalue weighted by molar-refractivity contribution is 5.94. The topological polar surface area (TPSA) is 54.5 Å². The normalized spacial score (nSPS) is 28.1. The Balaban J connectivity index is 1.52. The molecular weight excluding hydrogens is 266 g/mol. The molecule has 3 heterocycles. The second kappa shape index (κ2) is 5.39. The maximum atomic E-state index is 12.7. The number of carbonyl (C=O) groups excluding carboxylic acids is 1. The van der Waals surface area contributed by atoms with E-state index in [-0.39, 0.29) is 18.1 Å². The lowest BCUT2D eigenvalue weighted by atomic mass is 9.95. The number of likely N-dealkylation sites (tertiary alicyclic amines) is 1. The van der Waals surface area contributed by atoms with Crippen LogP contribution in [0.15, 0.2) is 12.3 Å². The molecule has 0 saturated carbocycles. The number of aryl methyl sites for hydroxylation is 2. The fourth-order valence-electron chi connectivity index (χ4n) is 3.65. The van der Waals surface area contributed by atoms with Gasteiger partial charge in [0.05, 0.1) is 24.3 Å². The Morgan fingerprint density at radius 1 is 1.33 bits per heavy atom. The van der Waals surface area contributed by atoms with Crippen molar-refractivity contribution in [3.63, 3.8) is 0 Å². The molecule has 0 unspecified atom stereocenters. The fraction of sp³-hybridized carbons (Fsp3) is 0.625. The van der Waals surface area contributed by atoms with Gasteiger partial charge in [-0.15, -0.1) is 0 Å². The van der Waals surface area contributed by atoms with Crippen molar-refractivity contribution in [2.75, 3.05) is 26.2 Å². The monoisotopic (exact) mass is 287 g/mol. The number of aromatic nitrogens is 1. The standard InChI is InChI=1S/C16H21N3O2/c20-16(19-9-14-15(10-19)21-6-5-17-14)12-7-11-3-1-2-4-13(11)18-8-12/h7-8,14-15,17H,1-6,9-10H2/t14-,15-/m0/s1. The van der Waals surface area contributed by atoms with Gasteiger partial charge in [0.25, 0.3) is 5.91 Å². The smallest absolute Gasteiger partial charge is 0.255 e. The number of hydrogen-bond donors (Lipinski definition) is 1. The first-order valence-electron chi connectivity index (χ1n) is 7.93. The zero-order valence-corrected chi connectivity index (χ0v) is 12.2. The van der Waals surface area contributed by atoms with Gasteiger partial charge in [-0.3, -0.25) is 9.78 Å². The summed E-state index contributed by atoms with van der Waals surface area (Å²) in [5.74, 6) is 0.0932. The van der Waals surface area contributed by atoms with Crippen molar-refractivity contribution in [1.29, 1.82) is 0 Å². The summed E-state index contributed by atoms with van der Waals surface area (Å²) in [7, 11) is 0. The third-order valence-corrected chi connectivity index (χ3v) is 4.81. The average molecular weight is 287 g/mol. The lowest BCUT2D eigenvalue weighted by Gasteiger charge is -2.25. The molecule has 0 aromatic carbocycles. The van der Waals surface area contributed by atoms with Crippen LogP contribution in [-0.2, 0) is 17.6 Å². The van der Waals surface area contributed by atoms with Crippen LogP contribution in [-0.4, -0.2) is 54.2 Å². The molecule has 5 heteroatoms. The first kappa shape index (κ1) is 13.2. The van der Waals surface area contributed by atoms with Gasteiger partial charge >= 0.3 is 0 Å². The Bertz CT molecular complexity index is 546. The van der Waals surface area contributed by atoms with Crippen molar-refractivity contribution in [3.8, 4) is 0 Å². The largest absolute Gasteiger partial charge is 0.373 e. The van der Waals surface area contributed by atoms with Crippen LogP contribution in [0.3, 0.4) is 0 Å². The summed E-state index contributed by atoms with van der Waals surface area (Å²) in [6, 6.07) is 2.34. The van der Waals surface area contributed by atoms with Crippen molar-refractivity contribution in [2.45, 2.75) is 37.8 Å². The molecule has 1 amide bonds. The van der Waals surface area contributed by atoms with E-state index in [1.54, 1.807) is 6.20 Å². The molecule has 112 valence electrons. The minimum Gasteiger partial charge on any atom is -0.373 e. The molecular formula is C16H21N3O2. The maximum absolute atomic E-state index is 12.7. The molecule has 3 aliphatic rings. The van der Waals surface area contributed by atoms with Crippen molar-refractivity contribution in [2.24, 2.45) is 0 Å². The van der Waals surface area contributed by atoms with E-state index in [9.17, 15) is 4.79 Å². The van der Waals surface area contributed by atoms with Gasteiger partial charge < -0.3 is 15.0 Å². The van der Waals surface area contributed by atoms with E-state index in [0.717, 1.165) is 38.1 Å². The quantitative estimate of drug-likeness (QED) is 0.829. The van der Waals surface area contributed by atoms with E-state index in [1.165, 1.54) is 24.1 Å². The minimum absolute atomic E-state index is 0.0932. The zero-order valence-electron chi connectivity index (χ0n) is 12.2. The van der Waals surface area contributed by atoms with Crippen molar-refractivity contribution in [1.82, 2.24) is 15.2 Å². The molecule has 0 radical (unpaired) electrons. The first-order chi connectivity index (χ1) is 10.3. The van der Waals surface area contributed by atoms with Crippen LogP contribution in [0.1, 0.15) is 34.5 Å². The Morgan fingerprint density at radius 2 is 2.24 bits per heavy atom. The molecule has 1 aromatic heterocycles. The fourth-order valence-corrected chi connectivity index (χ4v) is 3.65. The lowest BCUT2D eigenvalue weighted by molar-refractivity contribution is 0.0176. The summed E-state index contributed by atoms with van der Waals surface area (Å²) in [4.78, 5) is 19.1. The summed E-state index contributed by atoms with van der Waals surface area (Å²) >= 11 is 0. The zero-order chi connectivity index (χ0) is 14.2. The number of pyridine rings is 1. The number of rotatable bonds is 1. The van der Waals surface area contributed by atoms with Gasteiger partial charge in [-0.2, -0.15) is 0 Å². The van der Waals surface area contributed by atoms with E-state index in [4.69, 9.17) is 4.74 Å². The van der Waals surface area contributed by atoms with Crippen molar-refractivity contribution >= 4 is 5.91 Å². The van der Waals surface area contributed by atoms with E-state index in [2.05, 4.69) is 16.4 Å². The molecule has 5 nitrogen and oxygen atoms in total. The van der Waals surface area contributed by atoms with Gasteiger partial charge in [-0.1, -0.05) is 0 Å². The third-order valence-electron chi connectivity index (χ3n) is 4.81. The summed E-state index contributed by atoms with van der Waals surface area (Å²) < 4.78 is 5.74. The Kier molecular flexibility index (Phi) is 3.39. The second-order valence-corrected chi connectivity index (χ2v) is 6.22. The molecule has 1 aromatic rings. The van der Waals surface area contributed by atoms with Gasteiger partial charge in [0.15, 0.2) is 0 Å². The van der Waals surface area contributed by atoms with Crippen LogP contribution in [0.2, 0.25) is 0 Å². The van der Waals surface area contributed by atoms with Crippen LogP contribution < -0.4 is 5.32 Å². The second-order valence-electron chi connectivity index (χ2n) is 6.22. The van der Waals surface area contributed by atoms with E-state index >= 15 is 0 Å². The van der Waals surface area contributed by atoms with E-state index in [0.29, 0.717) is 6.54 Å². The third kappa shape index (κ3) is 2.45. The molecule has 1 N–H and O–H groups in total. The van der Waals surface area contributed by atoms with Gasteiger partial charge in [-0.05, 0) is 37.3 Å². The molecule has 0 spiro atoms. The summed E-state index contributed by atoms with van der Waals surface area (Å²) in [6.07, 6.45) is 6.43. The number of nitrogens with zero attached hydrogens (tertiary/aromatic N) is 2. The molecule has 1 aliphatic carbocycles. The molecule has 0 bridgehead atoms. The van der Waals surface area contributed by atoms with Crippen LogP contribution >= 0.6 is 0 Å². The van der Waals surface area contributed by atoms with Gasteiger partial charge in [0, 0.05) is 31.5 Å². The highest BCUT2D eigenvalue weighted by Crippen LogP contribution is 2.23. The van der Waals surface area contributed by atoms with Crippen LogP contribution in [0, 0.1) is 0 Å². The molecule has 2 fully saturated rings. The van der Waals surface area contributed by atoms with Crippen molar-refractivity contribution < 1.29 is 9.53 Å². The lowest BCUT2D eigenvalue weighted by Crippen LogP contribution is -2.47. The number of nitrogens with one attached hydrogen (secondary N) is 1. The molecule has 2 saturated heterocycles. The predicted octanol–water partition coefficient (Wildman–Crippen LogP) is 0.773. The molecule has 2 aliphatic heterocycles. The highest BCUT2D eigenvalue weighted by atomic mass is 16.5. The number of amides is 1. The van der Waals surface area contributed by atoms with Crippen LogP contribution in [0.4, 0.5) is 0 Å². The average Bonchev–Trinajstić information content (AvgIpc) is 2.97. The molecule has 4 rings (SSSR count).